The lowest BCUT2D eigenvalue weighted by atomic mass is 10.1. The van der Waals surface area contributed by atoms with Crippen molar-refractivity contribution in [2.75, 3.05) is 5.32 Å². The number of carbonyl (C=O) groups is 2. The van der Waals surface area contributed by atoms with Crippen LogP contribution in [0.15, 0.2) is 36.4 Å². The number of nitrogens with one attached hydrogen (secondary N) is 1. The summed E-state index contributed by atoms with van der Waals surface area (Å²) in [5.41, 5.74) is 5.32. The molecule has 108 valence electrons. The zero-order valence-electron chi connectivity index (χ0n) is 11.1. The SMILES string of the molecule is Cc1ccc(C(=O)Nc2cc(C(N)=O)ccc2F)c(F)c1. The van der Waals surface area contributed by atoms with Gasteiger partial charge < -0.3 is 11.1 Å². The topological polar surface area (TPSA) is 72.2 Å². The largest absolute Gasteiger partial charge is 0.366 e. The maximum atomic E-state index is 13.7. The molecule has 3 N–H and O–H groups in total. The molecule has 0 aliphatic carbocycles. The van der Waals surface area contributed by atoms with Crippen LogP contribution in [0.2, 0.25) is 0 Å². The minimum atomic E-state index is -0.812. The Morgan fingerprint density at radius 2 is 1.76 bits per heavy atom. The Bertz CT molecular complexity index is 730. The molecule has 0 radical (unpaired) electrons. The van der Waals surface area contributed by atoms with Gasteiger partial charge in [0.25, 0.3) is 5.91 Å². The van der Waals surface area contributed by atoms with Crippen molar-refractivity contribution in [3.05, 3.63) is 64.7 Å². The molecule has 2 amide bonds. The predicted molar refractivity (Wildman–Crippen MR) is 74.0 cm³/mol. The summed E-state index contributed by atoms with van der Waals surface area (Å²) in [5.74, 6) is -3.03. The van der Waals surface area contributed by atoms with Crippen LogP contribution < -0.4 is 11.1 Å². The van der Waals surface area contributed by atoms with E-state index in [1.807, 2.05) is 0 Å². The number of nitrogens with two attached hydrogens (primary N) is 1. The number of amides is 2. The number of rotatable bonds is 3. The Hall–Kier alpha value is -2.76. The fourth-order valence-electron chi connectivity index (χ4n) is 1.77. The molecule has 2 rings (SSSR count). The number of benzene rings is 2. The Balaban J connectivity index is 2.31. The van der Waals surface area contributed by atoms with Gasteiger partial charge in [0, 0.05) is 5.56 Å². The average molecular weight is 290 g/mol. The number of anilines is 1. The van der Waals surface area contributed by atoms with Gasteiger partial charge in [0.05, 0.1) is 11.3 Å². The third-order valence-electron chi connectivity index (χ3n) is 2.87. The van der Waals surface area contributed by atoms with Gasteiger partial charge in [-0.1, -0.05) is 6.07 Å². The molecule has 2 aromatic carbocycles. The first-order chi connectivity index (χ1) is 9.88. The minimum absolute atomic E-state index is 0.0380. The lowest BCUT2D eigenvalue weighted by molar-refractivity contribution is 0.0995. The lowest BCUT2D eigenvalue weighted by Crippen LogP contribution is -2.16. The summed E-state index contributed by atoms with van der Waals surface area (Å²) < 4.78 is 27.3. The average Bonchev–Trinajstić information content (AvgIpc) is 2.40. The molecular weight excluding hydrogens is 278 g/mol. The van der Waals surface area contributed by atoms with Gasteiger partial charge in [-0.3, -0.25) is 9.59 Å². The molecule has 0 aromatic heterocycles. The highest BCUT2D eigenvalue weighted by Crippen LogP contribution is 2.18. The number of carbonyl (C=O) groups excluding carboxylic acids is 2. The van der Waals surface area contributed by atoms with E-state index in [4.69, 9.17) is 5.73 Å². The number of halogens is 2. The van der Waals surface area contributed by atoms with Crippen molar-refractivity contribution in [2.45, 2.75) is 6.92 Å². The van der Waals surface area contributed by atoms with Gasteiger partial charge in [-0.15, -0.1) is 0 Å². The van der Waals surface area contributed by atoms with Crippen LogP contribution in [0.5, 0.6) is 0 Å². The quantitative estimate of drug-likeness (QED) is 0.912. The maximum Gasteiger partial charge on any atom is 0.258 e. The van der Waals surface area contributed by atoms with Crippen LogP contribution in [-0.4, -0.2) is 11.8 Å². The second-order valence-electron chi connectivity index (χ2n) is 4.50. The molecule has 0 aliphatic heterocycles. The van der Waals surface area contributed by atoms with Gasteiger partial charge in [0.1, 0.15) is 11.6 Å². The van der Waals surface area contributed by atoms with Crippen molar-refractivity contribution >= 4 is 17.5 Å². The zero-order chi connectivity index (χ0) is 15.6. The molecule has 0 atom stereocenters. The van der Waals surface area contributed by atoms with E-state index in [2.05, 4.69) is 5.32 Å². The number of aryl methyl sites for hydroxylation is 1. The molecule has 0 heterocycles. The highest BCUT2D eigenvalue weighted by molar-refractivity contribution is 6.05. The number of primary amides is 1. The van der Waals surface area contributed by atoms with Crippen molar-refractivity contribution in [1.29, 1.82) is 0 Å². The van der Waals surface area contributed by atoms with Gasteiger partial charge in [0.15, 0.2) is 0 Å². The fraction of sp³-hybridized carbons (Fsp3) is 0.0667. The monoisotopic (exact) mass is 290 g/mol. The van der Waals surface area contributed by atoms with E-state index in [0.29, 0.717) is 5.56 Å². The lowest BCUT2D eigenvalue weighted by Gasteiger charge is -2.08. The summed E-state index contributed by atoms with van der Waals surface area (Å²) in [7, 11) is 0. The highest BCUT2D eigenvalue weighted by atomic mass is 19.1. The molecule has 6 heteroatoms. The molecule has 4 nitrogen and oxygen atoms in total. The summed E-state index contributed by atoms with van der Waals surface area (Å²) in [6.45, 7) is 1.68. The summed E-state index contributed by atoms with van der Waals surface area (Å²) in [5, 5.41) is 2.22. The standard InChI is InChI=1S/C15H12F2N2O2/c1-8-2-4-10(12(17)6-8)15(21)19-13-7-9(14(18)20)3-5-11(13)16/h2-7H,1H3,(H2,18,20)(H,19,21). The Morgan fingerprint density at radius 1 is 1.05 bits per heavy atom. The maximum absolute atomic E-state index is 13.7. The zero-order valence-corrected chi connectivity index (χ0v) is 11.1. The third-order valence-corrected chi connectivity index (χ3v) is 2.87. The van der Waals surface area contributed by atoms with Gasteiger partial charge in [-0.05, 0) is 42.8 Å². The molecule has 0 aliphatic rings. The minimum Gasteiger partial charge on any atom is -0.366 e. The summed E-state index contributed by atoms with van der Waals surface area (Å²) in [4.78, 5) is 23.0. The number of hydrogen-bond donors (Lipinski definition) is 2. The molecule has 0 unspecified atom stereocenters. The van der Waals surface area contributed by atoms with E-state index in [9.17, 15) is 18.4 Å². The van der Waals surface area contributed by atoms with E-state index in [0.717, 1.165) is 12.1 Å². The first kappa shape index (κ1) is 14.6. The first-order valence-electron chi connectivity index (χ1n) is 6.05. The molecule has 0 fully saturated rings. The normalized spacial score (nSPS) is 10.2. The second-order valence-corrected chi connectivity index (χ2v) is 4.50. The molecule has 21 heavy (non-hydrogen) atoms. The summed E-state index contributed by atoms with van der Waals surface area (Å²) in [6.07, 6.45) is 0. The number of hydrogen-bond acceptors (Lipinski definition) is 2. The molecule has 0 saturated carbocycles. The summed E-state index contributed by atoms with van der Waals surface area (Å²) in [6, 6.07) is 7.36. The van der Waals surface area contributed by atoms with Crippen LogP contribution in [-0.2, 0) is 0 Å². The van der Waals surface area contributed by atoms with Crippen LogP contribution in [0.3, 0.4) is 0 Å². The first-order valence-corrected chi connectivity index (χ1v) is 6.05. The van der Waals surface area contributed by atoms with Gasteiger partial charge in [-0.25, -0.2) is 8.78 Å². The second kappa shape index (κ2) is 5.70. The van der Waals surface area contributed by atoms with Crippen molar-refractivity contribution < 1.29 is 18.4 Å². The van der Waals surface area contributed by atoms with Gasteiger partial charge >= 0.3 is 0 Å². The molecule has 0 spiro atoms. The Labute approximate surface area is 119 Å². The van der Waals surface area contributed by atoms with Crippen molar-refractivity contribution in [2.24, 2.45) is 5.73 Å². The highest BCUT2D eigenvalue weighted by Gasteiger charge is 2.15. The molecule has 2 aromatic rings. The van der Waals surface area contributed by atoms with E-state index in [1.54, 1.807) is 13.0 Å². The van der Waals surface area contributed by atoms with Gasteiger partial charge in [0.2, 0.25) is 5.91 Å². The summed E-state index contributed by atoms with van der Waals surface area (Å²) >= 11 is 0. The van der Waals surface area contributed by atoms with Crippen LogP contribution >= 0.6 is 0 Å². The van der Waals surface area contributed by atoms with Crippen LogP contribution in [0.4, 0.5) is 14.5 Å². The third kappa shape index (κ3) is 3.22. The van der Waals surface area contributed by atoms with Crippen LogP contribution in [0, 0.1) is 18.6 Å². The van der Waals surface area contributed by atoms with Crippen LogP contribution in [0.25, 0.3) is 0 Å². The van der Waals surface area contributed by atoms with E-state index < -0.39 is 23.4 Å². The molecular formula is C15H12F2N2O2. The Morgan fingerprint density at radius 3 is 2.38 bits per heavy atom. The van der Waals surface area contributed by atoms with E-state index in [-0.39, 0.29) is 16.8 Å². The molecule has 0 bridgehead atoms. The predicted octanol–water partition coefficient (Wildman–Crippen LogP) is 2.62. The van der Waals surface area contributed by atoms with Gasteiger partial charge in [-0.2, -0.15) is 0 Å². The Kier molecular flexibility index (Phi) is 3.98. The van der Waals surface area contributed by atoms with Crippen molar-refractivity contribution in [1.82, 2.24) is 0 Å². The van der Waals surface area contributed by atoms with Crippen LogP contribution in [0.1, 0.15) is 26.3 Å². The van der Waals surface area contributed by atoms with E-state index in [1.165, 1.54) is 18.2 Å². The van der Waals surface area contributed by atoms with Crippen molar-refractivity contribution in [3.8, 4) is 0 Å². The van der Waals surface area contributed by atoms with Crippen molar-refractivity contribution in [3.63, 3.8) is 0 Å². The van der Waals surface area contributed by atoms with E-state index >= 15 is 0 Å². The molecule has 0 saturated heterocycles. The smallest absolute Gasteiger partial charge is 0.258 e. The fourth-order valence-corrected chi connectivity index (χ4v) is 1.77.